The fourth-order valence-electron chi connectivity index (χ4n) is 5.32. The van der Waals surface area contributed by atoms with Crippen molar-refractivity contribution in [1.82, 2.24) is 24.6 Å². The Bertz CT molecular complexity index is 1900. The molecule has 0 aliphatic heterocycles. The number of anilines is 1. The van der Waals surface area contributed by atoms with Gasteiger partial charge in [-0.25, -0.2) is 23.1 Å². The Morgan fingerprint density at radius 1 is 1.15 bits per heavy atom. The number of sulfonamides is 1. The summed E-state index contributed by atoms with van der Waals surface area (Å²) in [5, 5.41) is 17.0. The summed E-state index contributed by atoms with van der Waals surface area (Å²) in [5.41, 5.74) is 16.3. The molecule has 0 fully saturated rings. The lowest BCUT2D eigenvalue weighted by Gasteiger charge is -2.27. The lowest BCUT2D eigenvalue weighted by atomic mass is 10.1. The summed E-state index contributed by atoms with van der Waals surface area (Å²) < 4.78 is 40.4. The van der Waals surface area contributed by atoms with Crippen LogP contribution in [0.1, 0.15) is 62.6 Å². The molecule has 2 aromatic carbocycles. The number of nitrogen functional groups attached to an aromatic ring is 1. The molecule has 0 aliphatic carbocycles. The number of imidazole rings is 1. The molecular weight excluding hydrogens is 626 g/mol. The van der Waals surface area contributed by atoms with Crippen molar-refractivity contribution in [2.45, 2.75) is 65.1 Å². The maximum atomic E-state index is 12.3. The number of ether oxygens (including phenoxy) is 2. The van der Waals surface area contributed by atoms with E-state index in [2.05, 4.69) is 25.0 Å². The molecule has 0 spiro atoms. The van der Waals surface area contributed by atoms with Gasteiger partial charge in [0.1, 0.15) is 29.4 Å². The lowest BCUT2D eigenvalue weighted by Crippen LogP contribution is -2.46. The summed E-state index contributed by atoms with van der Waals surface area (Å²) in [6, 6.07) is 9.73. The topological polar surface area (TPSA) is 219 Å². The highest BCUT2D eigenvalue weighted by atomic mass is 32.2. The second-order valence-corrected chi connectivity index (χ2v) is 13.5. The summed E-state index contributed by atoms with van der Waals surface area (Å²) in [6.45, 7) is 7.44. The van der Waals surface area contributed by atoms with Crippen molar-refractivity contribution < 1.29 is 27.8 Å². The molecule has 4 aromatic rings. The van der Waals surface area contributed by atoms with Gasteiger partial charge in [0.05, 0.1) is 29.5 Å². The minimum atomic E-state index is -3.47. The second-order valence-electron chi connectivity index (χ2n) is 11.8. The van der Waals surface area contributed by atoms with E-state index in [9.17, 15) is 18.3 Å². The third-order valence-corrected chi connectivity index (χ3v) is 8.14. The van der Waals surface area contributed by atoms with E-state index in [-0.39, 0.29) is 36.0 Å². The van der Waals surface area contributed by atoms with Crippen LogP contribution in [0.5, 0.6) is 11.5 Å². The smallest absolute Gasteiger partial charge is 0.255 e. The number of rotatable bonds is 17. The third kappa shape index (κ3) is 9.45. The number of hydrogen-bond donors (Lipinski definition) is 4. The van der Waals surface area contributed by atoms with Crippen LogP contribution >= 0.6 is 0 Å². The van der Waals surface area contributed by atoms with Gasteiger partial charge in [0.25, 0.3) is 5.91 Å². The number of aromatic hydroxyl groups is 1. The zero-order valence-corrected chi connectivity index (χ0v) is 27.8. The molecule has 47 heavy (non-hydrogen) atoms. The van der Waals surface area contributed by atoms with Crippen LogP contribution in [0.3, 0.4) is 0 Å². The number of hydrogen-bond acceptors (Lipinski definition) is 10. The van der Waals surface area contributed by atoms with E-state index in [1.165, 1.54) is 18.2 Å². The average Bonchev–Trinajstić information content (AvgIpc) is 3.34. The molecule has 1 amide bonds. The van der Waals surface area contributed by atoms with Crippen molar-refractivity contribution >= 4 is 49.4 Å². The minimum absolute atomic E-state index is 0.117. The highest BCUT2D eigenvalue weighted by Crippen LogP contribution is 2.32. The van der Waals surface area contributed by atoms with Gasteiger partial charge in [0, 0.05) is 47.3 Å². The molecule has 15 nitrogen and oxygen atoms in total. The Labute approximate surface area is 273 Å². The van der Waals surface area contributed by atoms with Crippen molar-refractivity contribution in [3.8, 4) is 11.5 Å². The molecule has 0 aliphatic rings. The zero-order chi connectivity index (χ0) is 34.2. The molecule has 0 radical (unpaired) electrons. The maximum absolute atomic E-state index is 12.3. The summed E-state index contributed by atoms with van der Waals surface area (Å²) in [6.07, 6.45) is 4.46. The predicted octanol–water partition coefficient (Wildman–Crippen LogP) is 5.05. The normalized spacial score (nSPS) is 11.9. The number of nitrogens with zero attached hydrogens (tertiary/aromatic N) is 6. The monoisotopic (exact) mass is 667 g/mol. The number of azide groups is 1. The number of pyridine rings is 1. The van der Waals surface area contributed by atoms with Crippen molar-refractivity contribution in [3.05, 3.63) is 58.2 Å². The Morgan fingerprint density at radius 3 is 2.62 bits per heavy atom. The third-order valence-electron chi connectivity index (χ3n) is 7.22. The fraction of sp³-hybridized carbons (Fsp3) is 0.452. The molecule has 0 saturated carbocycles. The van der Waals surface area contributed by atoms with Crippen LogP contribution in [0.25, 0.3) is 32.4 Å². The van der Waals surface area contributed by atoms with E-state index in [1.54, 1.807) is 13.8 Å². The van der Waals surface area contributed by atoms with Crippen LogP contribution in [0, 0.1) is 0 Å². The molecule has 0 bridgehead atoms. The first-order valence-corrected chi connectivity index (χ1v) is 17.1. The van der Waals surface area contributed by atoms with Crippen LogP contribution in [-0.2, 0) is 27.9 Å². The van der Waals surface area contributed by atoms with Crippen molar-refractivity contribution in [2.75, 3.05) is 31.7 Å². The van der Waals surface area contributed by atoms with Crippen molar-refractivity contribution in [2.24, 2.45) is 5.11 Å². The summed E-state index contributed by atoms with van der Waals surface area (Å²) in [5.74, 6) is 0.863. The highest BCUT2D eigenvalue weighted by Gasteiger charge is 2.27. The van der Waals surface area contributed by atoms with Crippen LogP contribution in [-0.4, -0.2) is 65.5 Å². The van der Waals surface area contributed by atoms with Gasteiger partial charge in [-0.05, 0) is 63.4 Å². The SMILES string of the molecule is CCOCc1nc2c(N)nc3cc(OCCCCCCNC(=O)c4ccc(N=[N+]=[N-])cc4O)ccc3c2n1CC(C)(C)NS(C)(=O)=O. The standard InChI is InChI=1S/C31H41N9O6S/c1-5-45-18-26-36-27-28(40(26)19-31(2,3)38-47(4,43)44)22-13-11-21(17-24(22)35-29(27)32)46-15-9-7-6-8-14-34-30(42)23-12-10-20(37-39-33)16-25(23)41/h10-13,16-17,38,41H,5-9,14-15,18-19H2,1-4H3,(H2,32,35)(H,34,42). The van der Waals surface area contributed by atoms with Gasteiger partial charge >= 0.3 is 0 Å². The van der Waals surface area contributed by atoms with E-state index in [0.29, 0.717) is 42.4 Å². The number of nitrogens with one attached hydrogen (secondary N) is 2. The van der Waals surface area contributed by atoms with E-state index in [1.807, 2.05) is 29.7 Å². The fourth-order valence-corrected chi connectivity index (χ4v) is 6.39. The molecular formula is C31H41N9O6S. The van der Waals surface area contributed by atoms with Gasteiger partial charge in [-0.2, -0.15) is 0 Å². The van der Waals surface area contributed by atoms with Gasteiger partial charge in [-0.3, -0.25) is 4.79 Å². The lowest BCUT2D eigenvalue weighted by molar-refractivity contribution is 0.0950. The van der Waals surface area contributed by atoms with Crippen LogP contribution in [0.15, 0.2) is 41.5 Å². The number of aromatic nitrogens is 3. The van der Waals surface area contributed by atoms with E-state index >= 15 is 0 Å². The minimum Gasteiger partial charge on any atom is -0.507 e. The molecule has 2 aromatic heterocycles. The maximum Gasteiger partial charge on any atom is 0.255 e. The number of unbranched alkanes of at least 4 members (excludes halogenated alkanes) is 3. The molecule has 252 valence electrons. The molecule has 16 heteroatoms. The molecule has 0 unspecified atom stereocenters. The van der Waals surface area contributed by atoms with E-state index < -0.39 is 21.5 Å². The first-order valence-electron chi connectivity index (χ1n) is 15.3. The number of nitrogens with two attached hydrogens (primary N) is 1. The molecule has 0 saturated heterocycles. The van der Waals surface area contributed by atoms with Crippen molar-refractivity contribution in [3.63, 3.8) is 0 Å². The van der Waals surface area contributed by atoms with Gasteiger partial charge in [-0.15, -0.1) is 0 Å². The van der Waals surface area contributed by atoms with Crippen molar-refractivity contribution in [1.29, 1.82) is 0 Å². The summed E-state index contributed by atoms with van der Waals surface area (Å²) in [7, 11) is -3.47. The summed E-state index contributed by atoms with van der Waals surface area (Å²) >= 11 is 0. The highest BCUT2D eigenvalue weighted by molar-refractivity contribution is 7.88. The molecule has 5 N–H and O–H groups in total. The van der Waals surface area contributed by atoms with Crippen LogP contribution in [0.2, 0.25) is 0 Å². The molecule has 4 rings (SSSR count). The van der Waals surface area contributed by atoms with Crippen LogP contribution < -0.4 is 20.5 Å². The Morgan fingerprint density at radius 2 is 1.91 bits per heavy atom. The largest absolute Gasteiger partial charge is 0.507 e. The average molecular weight is 668 g/mol. The van der Waals surface area contributed by atoms with Gasteiger partial charge in [-0.1, -0.05) is 24.0 Å². The van der Waals surface area contributed by atoms with E-state index in [0.717, 1.165) is 42.8 Å². The molecule has 0 atom stereocenters. The predicted molar refractivity (Wildman–Crippen MR) is 180 cm³/mol. The molecule has 2 heterocycles. The number of fused-ring (bicyclic) bond motifs is 3. The van der Waals surface area contributed by atoms with Crippen LogP contribution in [0.4, 0.5) is 11.5 Å². The van der Waals surface area contributed by atoms with E-state index in [4.69, 9.17) is 25.7 Å². The first-order chi connectivity index (χ1) is 22.3. The quantitative estimate of drug-likeness (QED) is 0.0511. The number of amides is 1. The number of carbonyl (C=O) groups is 1. The Hall–Kier alpha value is -4.63. The van der Waals surface area contributed by atoms with Gasteiger partial charge in [0.2, 0.25) is 10.0 Å². The zero-order valence-electron chi connectivity index (χ0n) is 27.0. The number of carbonyl (C=O) groups excluding carboxylic acids is 1. The Kier molecular flexibility index (Phi) is 11.5. The number of phenols is 1. The summed E-state index contributed by atoms with van der Waals surface area (Å²) in [4.78, 5) is 24.3. The second kappa shape index (κ2) is 15.3. The van der Waals surface area contributed by atoms with Gasteiger partial charge in [0.15, 0.2) is 5.82 Å². The number of benzene rings is 2. The first kappa shape index (κ1) is 35.2. The number of phenolic OH excluding ortho intramolecular Hbond substituents is 1. The van der Waals surface area contributed by atoms with Gasteiger partial charge < -0.3 is 30.2 Å². The Balaban J connectivity index is 1.36.